The minimum Gasteiger partial charge on any atom is -0.351 e. The smallest absolute Gasteiger partial charge is 0.233 e. The largest absolute Gasteiger partial charge is 0.351 e. The molecule has 0 radical (unpaired) electrons. The van der Waals surface area contributed by atoms with Crippen molar-refractivity contribution in [2.45, 2.75) is 37.0 Å². The topological polar surface area (TPSA) is 32.3 Å². The number of carbonyl (C=O) groups is 1. The molecule has 1 amide bonds. The van der Waals surface area contributed by atoms with E-state index < -0.39 is 0 Å². The number of hydrogen-bond donors (Lipinski definition) is 1. The van der Waals surface area contributed by atoms with Crippen molar-refractivity contribution in [3.05, 3.63) is 0 Å². The zero-order valence-corrected chi connectivity index (χ0v) is 10.5. The van der Waals surface area contributed by atoms with Gasteiger partial charge in [0.25, 0.3) is 0 Å². The van der Waals surface area contributed by atoms with Gasteiger partial charge in [0.2, 0.25) is 5.91 Å². The van der Waals surface area contributed by atoms with Gasteiger partial charge in [-0.2, -0.15) is 0 Å². The van der Waals surface area contributed by atoms with Crippen molar-refractivity contribution < 1.29 is 4.79 Å². The van der Waals surface area contributed by atoms with E-state index in [1.807, 2.05) is 11.8 Å². The molecule has 16 heavy (non-hydrogen) atoms. The maximum Gasteiger partial charge on any atom is 0.233 e. The van der Waals surface area contributed by atoms with Crippen LogP contribution in [-0.4, -0.2) is 47.5 Å². The highest BCUT2D eigenvalue weighted by atomic mass is 32.2. The first-order chi connectivity index (χ1) is 7.83. The number of nitrogens with one attached hydrogen (secondary N) is 1. The van der Waals surface area contributed by atoms with Gasteiger partial charge in [0.15, 0.2) is 0 Å². The minimum atomic E-state index is 0.246. The fraction of sp³-hybridized carbons (Fsp3) is 0.917. The van der Waals surface area contributed by atoms with Crippen LogP contribution in [0.4, 0.5) is 0 Å². The molecule has 0 saturated carbocycles. The second kappa shape index (κ2) is 4.57. The van der Waals surface area contributed by atoms with Crippen LogP contribution in [-0.2, 0) is 4.79 Å². The normalized spacial score (nSPS) is 42.2. The van der Waals surface area contributed by atoms with E-state index >= 15 is 0 Å². The Hall–Kier alpha value is -0.220. The minimum absolute atomic E-state index is 0.246. The van der Waals surface area contributed by atoms with Crippen molar-refractivity contribution in [1.29, 1.82) is 0 Å². The molecular weight excluding hydrogens is 220 g/mol. The molecule has 0 aliphatic carbocycles. The molecule has 0 aromatic rings. The van der Waals surface area contributed by atoms with Crippen LogP contribution < -0.4 is 5.32 Å². The highest BCUT2D eigenvalue weighted by Gasteiger charge is 2.36. The summed E-state index contributed by atoms with van der Waals surface area (Å²) in [5, 5.41) is 3.54. The Labute approximate surface area is 101 Å². The number of rotatable bonds is 2. The lowest BCUT2D eigenvalue weighted by atomic mass is 9.84. The van der Waals surface area contributed by atoms with Gasteiger partial charge in [-0.05, 0) is 50.4 Å². The third kappa shape index (κ3) is 2.09. The predicted octanol–water partition coefficient (Wildman–Crippen LogP) is 1.09. The van der Waals surface area contributed by atoms with Crippen LogP contribution >= 0.6 is 11.8 Å². The molecule has 4 aliphatic heterocycles. The molecule has 2 atom stereocenters. The average Bonchev–Trinajstić information content (AvgIpc) is 2.84. The summed E-state index contributed by atoms with van der Waals surface area (Å²) in [7, 11) is 0. The lowest BCUT2D eigenvalue weighted by Gasteiger charge is -2.45. The third-order valence-electron chi connectivity index (χ3n) is 4.21. The summed E-state index contributed by atoms with van der Waals surface area (Å²) in [6, 6.07) is 0.441. The Balaban J connectivity index is 1.56. The molecule has 4 fully saturated rings. The summed E-state index contributed by atoms with van der Waals surface area (Å²) < 4.78 is 0. The van der Waals surface area contributed by atoms with Crippen LogP contribution in [0.25, 0.3) is 0 Å². The molecule has 3 nitrogen and oxygen atoms in total. The molecule has 2 bridgehead atoms. The highest BCUT2D eigenvalue weighted by Crippen LogP contribution is 2.29. The predicted molar refractivity (Wildman–Crippen MR) is 66.6 cm³/mol. The Kier molecular flexibility index (Phi) is 3.11. The van der Waals surface area contributed by atoms with Crippen molar-refractivity contribution in [2.24, 2.45) is 5.92 Å². The maximum absolute atomic E-state index is 12.0. The van der Waals surface area contributed by atoms with E-state index in [9.17, 15) is 4.79 Å². The van der Waals surface area contributed by atoms with Gasteiger partial charge in [-0.1, -0.05) is 0 Å². The molecule has 4 heterocycles. The molecule has 4 aliphatic rings. The number of hydrogen-bond acceptors (Lipinski definition) is 3. The molecule has 4 rings (SSSR count). The molecule has 0 aromatic heterocycles. The summed E-state index contributed by atoms with van der Waals surface area (Å²) in [6.45, 7) is 3.58. The number of fused-ring (bicyclic) bond motifs is 3. The SMILES string of the molecule is O=C(NC1CN2CCC1CC2)C1CCCS1. The molecule has 4 saturated heterocycles. The van der Waals surface area contributed by atoms with E-state index in [1.54, 1.807) is 0 Å². The quantitative estimate of drug-likeness (QED) is 0.784. The van der Waals surface area contributed by atoms with Gasteiger partial charge < -0.3 is 10.2 Å². The van der Waals surface area contributed by atoms with Gasteiger partial charge in [0.05, 0.1) is 5.25 Å². The number of piperidine rings is 3. The molecule has 2 unspecified atom stereocenters. The first-order valence-corrected chi connectivity index (χ1v) is 7.52. The molecule has 0 spiro atoms. The van der Waals surface area contributed by atoms with Crippen LogP contribution in [0.2, 0.25) is 0 Å². The number of carbonyl (C=O) groups excluding carboxylic acids is 1. The van der Waals surface area contributed by atoms with E-state index in [0.29, 0.717) is 11.9 Å². The molecule has 0 aromatic carbocycles. The zero-order chi connectivity index (χ0) is 11.0. The second-order valence-corrected chi connectivity index (χ2v) is 6.57. The molecular formula is C12H20N2OS. The number of amides is 1. The van der Waals surface area contributed by atoms with Crippen LogP contribution in [0, 0.1) is 5.92 Å². The van der Waals surface area contributed by atoms with Gasteiger partial charge in [-0.3, -0.25) is 4.79 Å². The van der Waals surface area contributed by atoms with Crippen LogP contribution in [0.3, 0.4) is 0 Å². The van der Waals surface area contributed by atoms with Crippen molar-refractivity contribution in [3.8, 4) is 0 Å². The average molecular weight is 240 g/mol. The fourth-order valence-electron chi connectivity index (χ4n) is 3.19. The van der Waals surface area contributed by atoms with Crippen LogP contribution in [0.15, 0.2) is 0 Å². The van der Waals surface area contributed by atoms with E-state index in [-0.39, 0.29) is 5.25 Å². The fourth-order valence-corrected chi connectivity index (χ4v) is 4.36. The summed E-state index contributed by atoms with van der Waals surface area (Å²) >= 11 is 1.83. The van der Waals surface area contributed by atoms with Gasteiger partial charge in [0.1, 0.15) is 0 Å². The summed E-state index contributed by atoms with van der Waals surface area (Å²) in [5.41, 5.74) is 0. The van der Waals surface area contributed by atoms with Crippen molar-refractivity contribution >= 4 is 17.7 Å². The van der Waals surface area contributed by atoms with E-state index in [1.165, 1.54) is 32.4 Å². The van der Waals surface area contributed by atoms with Crippen molar-refractivity contribution in [2.75, 3.05) is 25.4 Å². The zero-order valence-electron chi connectivity index (χ0n) is 9.65. The Morgan fingerprint density at radius 3 is 2.62 bits per heavy atom. The maximum atomic E-state index is 12.0. The lowest BCUT2D eigenvalue weighted by molar-refractivity contribution is -0.122. The van der Waals surface area contributed by atoms with Gasteiger partial charge in [0, 0.05) is 12.6 Å². The third-order valence-corrected chi connectivity index (χ3v) is 5.58. The van der Waals surface area contributed by atoms with Gasteiger partial charge >= 0.3 is 0 Å². The summed E-state index contributed by atoms with van der Waals surface area (Å²) in [4.78, 5) is 14.5. The highest BCUT2D eigenvalue weighted by molar-refractivity contribution is 8.00. The van der Waals surface area contributed by atoms with E-state index in [2.05, 4.69) is 10.2 Å². The lowest BCUT2D eigenvalue weighted by Crippen LogP contribution is -2.58. The first-order valence-electron chi connectivity index (χ1n) is 6.47. The van der Waals surface area contributed by atoms with Crippen LogP contribution in [0.1, 0.15) is 25.7 Å². The van der Waals surface area contributed by atoms with Gasteiger partial charge in [-0.25, -0.2) is 0 Å². The Morgan fingerprint density at radius 1 is 1.25 bits per heavy atom. The molecule has 4 heteroatoms. The van der Waals surface area contributed by atoms with E-state index in [0.717, 1.165) is 24.6 Å². The molecule has 90 valence electrons. The summed E-state index contributed by atoms with van der Waals surface area (Å²) in [6.07, 6.45) is 4.85. The number of nitrogens with zero attached hydrogens (tertiary/aromatic N) is 1. The Bertz CT molecular complexity index is 270. The van der Waals surface area contributed by atoms with Crippen molar-refractivity contribution in [3.63, 3.8) is 0 Å². The van der Waals surface area contributed by atoms with Crippen molar-refractivity contribution in [1.82, 2.24) is 10.2 Å². The van der Waals surface area contributed by atoms with E-state index in [4.69, 9.17) is 0 Å². The summed E-state index contributed by atoms with van der Waals surface area (Å²) in [5.74, 6) is 2.22. The van der Waals surface area contributed by atoms with Crippen LogP contribution in [0.5, 0.6) is 0 Å². The standard InChI is InChI=1S/C12H20N2OS/c15-12(11-2-1-7-16-11)13-10-8-14-5-3-9(10)4-6-14/h9-11H,1-8H2,(H,13,15). The Morgan fingerprint density at radius 2 is 2.06 bits per heavy atom. The monoisotopic (exact) mass is 240 g/mol. The second-order valence-electron chi connectivity index (χ2n) is 5.25. The molecule has 1 N–H and O–H groups in total. The number of thioether (sulfide) groups is 1. The van der Waals surface area contributed by atoms with Gasteiger partial charge in [-0.15, -0.1) is 11.8 Å². The first kappa shape index (κ1) is 10.9.